The third kappa shape index (κ3) is 6.73. The van der Waals surface area contributed by atoms with Crippen molar-refractivity contribution >= 4 is 17.8 Å². The summed E-state index contributed by atoms with van der Waals surface area (Å²) in [5.74, 6) is 1.06. The summed E-state index contributed by atoms with van der Waals surface area (Å²) in [5, 5.41) is 11.0. The van der Waals surface area contributed by atoms with Gasteiger partial charge in [0.25, 0.3) is 0 Å². The number of ether oxygens (including phenoxy) is 1. The van der Waals surface area contributed by atoms with Gasteiger partial charge in [-0.1, -0.05) is 62.9 Å². The number of nitrogens with zero attached hydrogens (tertiary/aromatic N) is 3. The molecule has 0 aliphatic heterocycles. The highest BCUT2D eigenvalue weighted by Gasteiger charge is 2.24. The molecule has 0 radical (unpaired) electrons. The summed E-state index contributed by atoms with van der Waals surface area (Å²) in [7, 11) is 1.63. The van der Waals surface area contributed by atoms with Crippen LogP contribution >= 0.6 is 0 Å². The number of anilines is 1. The van der Waals surface area contributed by atoms with E-state index in [1.165, 1.54) is 6.42 Å². The maximum absolute atomic E-state index is 13.5. The van der Waals surface area contributed by atoms with E-state index in [1.807, 2.05) is 61.5 Å². The van der Waals surface area contributed by atoms with Crippen molar-refractivity contribution in [3.63, 3.8) is 0 Å². The first-order chi connectivity index (χ1) is 18.5. The van der Waals surface area contributed by atoms with Crippen molar-refractivity contribution < 1.29 is 14.3 Å². The van der Waals surface area contributed by atoms with Gasteiger partial charge >= 0.3 is 6.03 Å². The van der Waals surface area contributed by atoms with Crippen LogP contribution in [0.15, 0.2) is 54.6 Å². The van der Waals surface area contributed by atoms with E-state index in [4.69, 9.17) is 9.84 Å². The Hall–Kier alpha value is -3.81. The fourth-order valence-corrected chi connectivity index (χ4v) is 4.96. The predicted molar refractivity (Wildman–Crippen MR) is 151 cm³/mol. The van der Waals surface area contributed by atoms with Gasteiger partial charge in [-0.15, -0.1) is 0 Å². The van der Waals surface area contributed by atoms with Crippen molar-refractivity contribution in [2.45, 2.75) is 64.8 Å². The molecule has 0 atom stereocenters. The van der Waals surface area contributed by atoms with Gasteiger partial charge in [-0.25, -0.2) is 9.48 Å². The lowest BCUT2D eigenvalue weighted by Crippen LogP contribution is -2.48. The highest BCUT2D eigenvalue weighted by Crippen LogP contribution is 2.33. The molecule has 3 amide bonds. The lowest BCUT2D eigenvalue weighted by atomic mass is 9.96. The first kappa shape index (κ1) is 27.2. The van der Waals surface area contributed by atoms with Crippen LogP contribution in [-0.4, -0.2) is 52.9 Å². The lowest BCUT2D eigenvalue weighted by molar-refractivity contribution is -0.116. The molecule has 2 N–H and O–H groups in total. The van der Waals surface area contributed by atoms with Crippen LogP contribution in [0.5, 0.6) is 5.75 Å². The molecule has 1 heterocycles. The molecule has 1 aromatic heterocycles. The van der Waals surface area contributed by atoms with Gasteiger partial charge in [0.2, 0.25) is 5.91 Å². The Morgan fingerprint density at radius 1 is 1.05 bits per heavy atom. The number of aryl methyl sites for hydroxylation is 1. The smallest absolute Gasteiger partial charge is 0.318 e. The predicted octanol–water partition coefficient (Wildman–Crippen LogP) is 5.94. The number of carbonyl (C=O) groups is 2. The zero-order valence-corrected chi connectivity index (χ0v) is 22.7. The number of aromatic nitrogens is 2. The number of rotatable bonds is 10. The average molecular weight is 518 g/mol. The highest BCUT2D eigenvalue weighted by atomic mass is 16.5. The van der Waals surface area contributed by atoms with E-state index in [0.29, 0.717) is 12.4 Å². The Labute approximate surface area is 225 Å². The summed E-state index contributed by atoms with van der Waals surface area (Å²) in [6.07, 6.45) is 7.27. The Kier molecular flexibility index (Phi) is 9.40. The van der Waals surface area contributed by atoms with E-state index in [1.54, 1.807) is 16.7 Å². The van der Waals surface area contributed by atoms with Crippen LogP contribution in [-0.2, 0) is 4.79 Å². The third-order valence-corrected chi connectivity index (χ3v) is 7.03. The molecular weight excluding hydrogens is 478 g/mol. The summed E-state index contributed by atoms with van der Waals surface area (Å²) in [6, 6.07) is 17.5. The Bertz CT molecular complexity index is 1200. The zero-order valence-electron chi connectivity index (χ0n) is 22.7. The summed E-state index contributed by atoms with van der Waals surface area (Å²) in [4.78, 5) is 28.3. The van der Waals surface area contributed by atoms with Crippen molar-refractivity contribution in [2.75, 3.05) is 25.5 Å². The number of hydrogen-bond acceptors (Lipinski definition) is 4. The molecule has 0 unspecified atom stereocenters. The molecule has 0 saturated heterocycles. The minimum Gasteiger partial charge on any atom is -0.497 e. The highest BCUT2D eigenvalue weighted by molar-refractivity contribution is 5.97. The molecule has 0 spiro atoms. The first-order valence-corrected chi connectivity index (χ1v) is 13.6. The molecule has 3 aromatic rings. The summed E-state index contributed by atoms with van der Waals surface area (Å²) < 4.78 is 7.05. The molecule has 8 nitrogen and oxygen atoms in total. The Morgan fingerprint density at radius 2 is 1.76 bits per heavy atom. The molecule has 4 rings (SSSR count). The molecule has 1 saturated carbocycles. The molecular formula is C30H39N5O3. The summed E-state index contributed by atoms with van der Waals surface area (Å²) >= 11 is 0. The number of amides is 3. The van der Waals surface area contributed by atoms with Crippen LogP contribution in [0.1, 0.15) is 57.6 Å². The van der Waals surface area contributed by atoms with E-state index in [-0.39, 0.29) is 24.5 Å². The van der Waals surface area contributed by atoms with Crippen molar-refractivity contribution in [1.82, 2.24) is 20.0 Å². The first-order valence-electron chi connectivity index (χ1n) is 13.6. The normalized spacial score (nSPS) is 13.7. The van der Waals surface area contributed by atoms with Crippen LogP contribution in [0.4, 0.5) is 10.6 Å². The Balaban J connectivity index is 1.60. The van der Waals surface area contributed by atoms with Gasteiger partial charge in [0, 0.05) is 18.2 Å². The van der Waals surface area contributed by atoms with Crippen molar-refractivity contribution in [3.8, 4) is 22.6 Å². The molecule has 202 valence electrons. The van der Waals surface area contributed by atoms with Gasteiger partial charge in [0.15, 0.2) is 0 Å². The number of benzene rings is 2. The topological polar surface area (TPSA) is 88.5 Å². The average Bonchev–Trinajstić information content (AvgIpc) is 3.27. The van der Waals surface area contributed by atoms with Crippen LogP contribution in [0, 0.1) is 6.92 Å². The largest absolute Gasteiger partial charge is 0.497 e. The monoisotopic (exact) mass is 517 g/mol. The summed E-state index contributed by atoms with van der Waals surface area (Å²) in [6.45, 7) is 4.52. The quantitative estimate of drug-likeness (QED) is 0.348. The second-order valence-corrected chi connectivity index (χ2v) is 9.89. The van der Waals surface area contributed by atoms with Gasteiger partial charge in [-0.05, 0) is 56.0 Å². The fraction of sp³-hybridized carbons (Fsp3) is 0.433. The van der Waals surface area contributed by atoms with Gasteiger partial charge in [-0.2, -0.15) is 5.10 Å². The Morgan fingerprint density at radius 3 is 2.42 bits per heavy atom. The van der Waals surface area contributed by atoms with Crippen molar-refractivity contribution in [3.05, 3.63) is 60.3 Å². The maximum Gasteiger partial charge on any atom is 0.318 e. The molecule has 38 heavy (non-hydrogen) atoms. The molecule has 1 aliphatic carbocycles. The molecule has 0 bridgehead atoms. The van der Waals surface area contributed by atoms with E-state index < -0.39 is 0 Å². The number of carbonyl (C=O) groups excluding carboxylic acids is 2. The number of methoxy groups -OCH3 is 1. The molecule has 2 aromatic carbocycles. The van der Waals surface area contributed by atoms with Crippen LogP contribution < -0.4 is 15.4 Å². The standard InChI is InChI=1S/C30H39N5O3/c1-4-5-20-34(30(37)31-24-14-10-7-11-15-24)21-27(36)32-29-28(23-12-8-6-9-13-23)22(2)33-35(29)25-16-18-26(38-3)19-17-25/h6,8-9,12-13,16-19,24H,4-5,7,10-11,14-15,20-21H2,1-3H3,(H,31,37)(H,32,36). The van der Waals surface area contributed by atoms with Crippen molar-refractivity contribution in [2.24, 2.45) is 0 Å². The van der Waals surface area contributed by atoms with Gasteiger partial charge in [-0.3, -0.25) is 4.79 Å². The maximum atomic E-state index is 13.5. The summed E-state index contributed by atoms with van der Waals surface area (Å²) in [5.41, 5.74) is 3.39. The van der Waals surface area contributed by atoms with Crippen molar-refractivity contribution in [1.29, 1.82) is 0 Å². The molecule has 8 heteroatoms. The fourth-order valence-electron chi connectivity index (χ4n) is 4.96. The van der Waals surface area contributed by atoms with Crippen LogP contribution in [0.2, 0.25) is 0 Å². The van der Waals surface area contributed by atoms with E-state index >= 15 is 0 Å². The SMILES string of the molecule is CCCCN(CC(=O)Nc1c(-c2ccccc2)c(C)nn1-c1ccc(OC)cc1)C(=O)NC1CCCCC1. The third-order valence-electron chi connectivity index (χ3n) is 7.03. The second-order valence-electron chi connectivity index (χ2n) is 9.89. The molecule has 1 fully saturated rings. The number of nitrogens with one attached hydrogen (secondary N) is 2. The van der Waals surface area contributed by atoms with Gasteiger partial charge in [0.05, 0.1) is 18.5 Å². The van der Waals surface area contributed by atoms with Gasteiger partial charge < -0.3 is 20.3 Å². The second kappa shape index (κ2) is 13.1. The lowest BCUT2D eigenvalue weighted by Gasteiger charge is -2.28. The number of unbranched alkanes of at least 4 members (excludes halogenated alkanes) is 1. The van der Waals surface area contributed by atoms with Crippen LogP contribution in [0.3, 0.4) is 0 Å². The van der Waals surface area contributed by atoms with Gasteiger partial charge in [0.1, 0.15) is 18.1 Å². The van der Waals surface area contributed by atoms with E-state index in [9.17, 15) is 9.59 Å². The minimum atomic E-state index is -0.258. The molecule has 1 aliphatic rings. The zero-order chi connectivity index (χ0) is 26.9. The van der Waals surface area contributed by atoms with E-state index in [2.05, 4.69) is 17.6 Å². The number of urea groups is 1. The van der Waals surface area contributed by atoms with E-state index in [0.717, 1.165) is 66.8 Å². The van der Waals surface area contributed by atoms with Crippen LogP contribution in [0.25, 0.3) is 16.8 Å². The number of hydrogen-bond donors (Lipinski definition) is 2. The minimum absolute atomic E-state index is 0.0282.